The lowest BCUT2D eigenvalue weighted by atomic mass is 10.2. The molecule has 0 saturated carbocycles. The number of carbonyl (C=O) groups is 1. The topological polar surface area (TPSA) is 84.5 Å². The van der Waals surface area contributed by atoms with E-state index in [1.807, 2.05) is 20.8 Å². The Morgan fingerprint density at radius 1 is 1.30 bits per heavy atom. The number of aryl methyl sites for hydroxylation is 1. The van der Waals surface area contributed by atoms with E-state index in [0.717, 1.165) is 6.42 Å². The third-order valence-electron chi connectivity index (χ3n) is 3.07. The van der Waals surface area contributed by atoms with Crippen molar-refractivity contribution in [2.75, 3.05) is 19.7 Å². The zero-order chi connectivity index (χ0) is 17.5. The van der Waals surface area contributed by atoms with Gasteiger partial charge in [0.25, 0.3) is 5.91 Å². The lowest BCUT2D eigenvalue weighted by molar-refractivity contribution is -0.123. The smallest absolute Gasteiger partial charge is 0.257 e. The molecule has 23 heavy (non-hydrogen) atoms. The van der Waals surface area contributed by atoms with Crippen LogP contribution in [0.4, 0.5) is 0 Å². The highest BCUT2D eigenvalue weighted by Crippen LogP contribution is 2.21. The van der Waals surface area contributed by atoms with E-state index in [9.17, 15) is 13.2 Å². The molecule has 0 unspecified atom stereocenters. The summed E-state index contributed by atoms with van der Waals surface area (Å²) in [6, 6.07) is 4.60. The Morgan fingerprint density at radius 2 is 2.00 bits per heavy atom. The van der Waals surface area contributed by atoms with Gasteiger partial charge in [-0.3, -0.25) is 4.79 Å². The highest BCUT2D eigenvalue weighted by molar-refractivity contribution is 7.89. The fraction of sp³-hybridized carbons (Fsp3) is 0.562. The summed E-state index contributed by atoms with van der Waals surface area (Å²) in [5.41, 5.74) is 0.667. The zero-order valence-corrected chi connectivity index (χ0v) is 15.0. The molecule has 0 aromatic heterocycles. The summed E-state index contributed by atoms with van der Waals surface area (Å²) in [5, 5.41) is 2.72. The summed E-state index contributed by atoms with van der Waals surface area (Å²) in [5.74, 6) is 0.538. The van der Waals surface area contributed by atoms with Gasteiger partial charge in [-0.15, -0.1) is 0 Å². The summed E-state index contributed by atoms with van der Waals surface area (Å²) in [6.45, 7) is 8.51. The van der Waals surface area contributed by atoms with Gasteiger partial charge in [-0.25, -0.2) is 13.1 Å². The number of rotatable bonds is 9. The first-order chi connectivity index (χ1) is 10.8. The molecular formula is C16H26N2O4S. The van der Waals surface area contributed by atoms with Gasteiger partial charge in [0.15, 0.2) is 6.61 Å². The predicted molar refractivity (Wildman–Crippen MR) is 90.0 cm³/mol. The van der Waals surface area contributed by atoms with Crippen molar-refractivity contribution in [2.24, 2.45) is 5.92 Å². The van der Waals surface area contributed by atoms with Crippen LogP contribution in [0.3, 0.4) is 0 Å². The van der Waals surface area contributed by atoms with Crippen LogP contribution in [0, 0.1) is 12.8 Å². The average molecular weight is 342 g/mol. The lowest BCUT2D eigenvalue weighted by Gasteiger charge is -2.12. The quantitative estimate of drug-likeness (QED) is 0.717. The van der Waals surface area contributed by atoms with E-state index in [1.165, 1.54) is 6.07 Å². The number of benzene rings is 1. The minimum Gasteiger partial charge on any atom is -0.484 e. The molecule has 0 atom stereocenters. The van der Waals surface area contributed by atoms with Crippen molar-refractivity contribution in [3.05, 3.63) is 23.8 Å². The Morgan fingerprint density at radius 3 is 2.57 bits per heavy atom. The monoisotopic (exact) mass is 342 g/mol. The SMILES string of the molecule is CCCNC(=O)COc1ccc(S(=O)(=O)NCC(C)C)cc1C. The summed E-state index contributed by atoms with van der Waals surface area (Å²) in [4.78, 5) is 11.7. The van der Waals surface area contributed by atoms with E-state index in [0.29, 0.717) is 24.4 Å². The summed E-state index contributed by atoms with van der Waals surface area (Å²) >= 11 is 0. The van der Waals surface area contributed by atoms with Crippen LogP contribution in [0.25, 0.3) is 0 Å². The Labute approximate surface area is 138 Å². The van der Waals surface area contributed by atoms with Crippen molar-refractivity contribution in [1.29, 1.82) is 0 Å². The van der Waals surface area contributed by atoms with Crippen LogP contribution in [0.1, 0.15) is 32.8 Å². The van der Waals surface area contributed by atoms with Gasteiger partial charge in [0.2, 0.25) is 10.0 Å². The molecule has 0 aliphatic rings. The van der Waals surface area contributed by atoms with E-state index in [4.69, 9.17) is 4.74 Å². The normalized spacial score (nSPS) is 11.5. The molecule has 1 rings (SSSR count). The maximum Gasteiger partial charge on any atom is 0.257 e. The Hall–Kier alpha value is -1.60. The second-order valence-corrected chi connectivity index (χ2v) is 7.58. The maximum atomic E-state index is 12.2. The molecule has 0 saturated heterocycles. The first kappa shape index (κ1) is 19.4. The van der Waals surface area contributed by atoms with Gasteiger partial charge in [-0.2, -0.15) is 0 Å². The van der Waals surface area contributed by atoms with Crippen LogP contribution in [0.5, 0.6) is 5.75 Å². The van der Waals surface area contributed by atoms with Crippen LogP contribution >= 0.6 is 0 Å². The summed E-state index contributed by atoms with van der Waals surface area (Å²) in [7, 11) is -3.52. The first-order valence-corrected chi connectivity index (χ1v) is 9.24. The highest BCUT2D eigenvalue weighted by atomic mass is 32.2. The average Bonchev–Trinajstić information content (AvgIpc) is 2.49. The molecule has 0 heterocycles. The van der Waals surface area contributed by atoms with Gasteiger partial charge in [0.1, 0.15) is 5.75 Å². The predicted octanol–water partition coefficient (Wildman–Crippen LogP) is 1.83. The Kier molecular flexibility index (Phi) is 7.51. The van der Waals surface area contributed by atoms with Gasteiger partial charge < -0.3 is 10.1 Å². The standard InChI is InChI=1S/C16H26N2O4S/c1-5-8-17-16(19)11-22-15-7-6-14(9-13(15)4)23(20,21)18-10-12(2)3/h6-7,9,12,18H,5,8,10-11H2,1-4H3,(H,17,19). The number of hydrogen-bond donors (Lipinski definition) is 2. The summed E-state index contributed by atoms with van der Waals surface area (Å²) < 4.78 is 32.3. The molecule has 6 nitrogen and oxygen atoms in total. The van der Waals surface area contributed by atoms with Gasteiger partial charge >= 0.3 is 0 Å². The molecule has 0 spiro atoms. The molecule has 0 fully saturated rings. The Balaban J connectivity index is 2.72. The third-order valence-corrected chi connectivity index (χ3v) is 4.49. The third kappa shape index (κ3) is 6.58. The largest absolute Gasteiger partial charge is 0.484 e. The second kappa shape index (κ2) is 8.88. The van der Waals surface area contributed by atoms with E-state index in [-0.39, 0.29) is 23.3 Å². The number of sulfonamides is 1. The van der Waals surface area contributed by atoms with E-state index in [1.54, 1.807) is 19.1 Å². The molecule has 7 heteroatoms. The maximum absolute atomic E-state index is 12.2. The number of carbonyl (C=O) groups excluding carboxylic acids is 1. The molecule has 1 amide bonds. The van der Waals surface area contributed by atoms with Crippen molar-refractivity contribution >= 4 is 15.9 Å². The highest BCUT2D eigenvalue weighted by Gasteiger charge is 2.16. The fourth-order valence-electron chi connectivity index (χ4n) is 1.77. The minimum atomic E-state index is -3.52. The molecule has 0 radical (unpaired) electrons. The lowest BCUT2D eigenvalue weighted by Crippen LogP contribution is -2.29. The molecule has 130 valence electrons. The van der Waals surface area contributed by atoms with Crippen LogP contribution < -0.4 is 14.8 Å². The van der Waals surface area contributed by atoms with Crippen LogP contribution in [-0.4, -0.2) is 34.0 Å². The van der Waals surface area contributed by atoms with Gasteiger partial charge in [0.05, 0.1) is 4.90 Å². The van der Waals surface area contributed by atoms with Crippen molar-refractivity contribution in [3.8, 4) is 5.75 Å². The Bertz CT molecular complexity index is 627. The van der Waals surface area contributed by atoms with Gasteiger partial charge in [-0.05, 0) is 43.0 Å². The molecule has 1 aromatic rings. The number of hydrogen-bond acceptors (Lipinski definition) is 4. The summed E-state index contributed by atoms with van der Waals surface area (Å²) in [6.07, 6.45) is 0.862. The van der Waals surface area contributed by atoms with Crippen LogP contribution in [0.2, 0.25) is 0 Å². The van der Waals surface area contributed by atoms with Crippen molar-refractivity contribution in [2.45, 2.75) is 39.0 Å². The first-order valence-electron chi connectivity index (χ1n) is 7.76. The molecular weight excluding hydrogens is 316 g/mol. The number of nitrogens with one attached hydrogen (secondary N) is 2. The van der Waals surface area contributed by atoms with Gasteiger partial charge in [-0.1, -0.05) is 20.8 Å². The van der Waals surface area contributed by atoms with E-state index >= 15 is 0 Å². The van der Waals surface area contributed by atoms with Crippen LogP contribution in [-0.2, 0) is 14.8 Å². The second-order valence-electron chi connectivity index (χ2n) is 5.81. The van der Waals surface area contributed by atoms with E-state index < -0.39 is 10.0 Å². The van der Waals surface area contributed by atoms with Gasteiger partial charge in [0, 0.05) is 13.1 Å². The fourth-order valence-corrected chi connectivity index (χ4v) is 3.07. The van der Waals surface area contributed by atoms with Crippen molar-refractivity contribution < 1.29 is 17.9 Å². The van der Waals surface area contributed by atoms with Crippen molar-refractivity contribution in [3.63, 3.8) is 0 Å². The van der Waals surface area contributed by atoms with E-state index in [2.05, 4.69) is 10.0 Å². The minimum absolute atomic E-state index is 0.0848. The van der Waals surface area contributed by atoms with Crippen molar-refractivity contribution in [1.82, 2.24) is 10.0 Å². The number of ether oxygens (including phenoxy) is 1. The molecule has 2 N–H and O–H groups in total. The zero-order valence-electron chi connectivity index (χ0n) is 14.2. The molecule has 0 aliphatic heterocycles. The number of amides is 1. The van der Waals surface area contributed by atoms with Crippen LogP contribution in [0.15, 0.2) is 23.1 Å². The molecule has 0 aliphatic carbocycles. The molecule has 0 bridgehead atoms. The molecule has 1 aromatic carbocycles.